The quantitative estimate of drug-likeness (QED) is 0.728. The molecule has 0 spiro atoms. The molecule has 0 radical (unpaired) electrons. The fourth-order valence-electron chi connectivity index (χ4n) is 2.13. The van der Waals surface area contributed by atoms with E-state index in [0.717, 1.165) is 22.3 Å². The monoisotopic (exact) mass is 346 g/mol. The lowest BCUT2D eigenvalue weighted by Gasteiger charge is -2.00. The molecule has 0 unspecified atom stereocenters. The molecule has 3 aromatic rings. The zero-order valence-electron chi connectivity index (χ0n) is 11.9. The predicted octanol–water partition coefficient (Wildman–Crippen LogP) is 2.68. The van der Waals surface area contributed by atoms with Gasteiger partial charge in [-0.15, -0.1) is 10.2 Å². The van der Waals surface area contributed by atoms with Gasteiger partial charge in [0.15, 0.2) is 0 Å². The van der Waals surface area contributed by atoms with Crippen molar-refractivity contribution in [2.45, 2.75) is 26.9 Å². The van der Waals surface area contributed by atoms with E-state index < -0.39 is 0 Å². The van der Waals surface area contributed by atoms with E-state index in [4.69, 9.17) is 0 Å². The number of rotatable bonds is 4. The Labute approximate surface area is 130 Å². The van der Waals surface area contributed by atoms with Gasteiger partial charge in [-0.3, -0.25) is 4.68 Å². The second kappa shape index (κ2) is 5.77. The Morgan fingerprint density at radius 3 is 2.86 bits per heavy atom. The maximum absolute atomic E-state index is 4.43. The molecule has 0 aliphatic rings. The molecule has 7 heteroatoms. The Kier molecular flexibility index (Phi) is 3.83. The van der Waals surface area contributed by atoms with Crippen LogP contribution in [0.2, 0.25) is 0 Å². The lowest BCUT2D eigenvalue weighted by Crippen LogP contribution is -2.04. The van der Waals surface area contributed by atoms with Crippen LogP contribution in [-0.2, 0) is 13.1 Å². The summed E-state index contributed by atoms with van der Waals surface area (Å²) in [7, 11) is 0. The highest BCUT2D eigenvalue weighted by Crippen LogP contribution is 2.24. The minimum absolute atomic E-state index is 0.578. The molecule has 1 aromatic carbocycles. The van der Waals surface area contributed by atoms with Crippen molar-refractivity contribution >= 4 is 15.9 Å². The largest absolute Gasteiger partial charge is 0.258 e. The highest BCUT2D eigenvalue weighted by Gasteiger charge is 2.14. The third-order valence-corrected chi connectivity index (χ3v) is 4.01. The first-order valence-corrected chi connectivity index (χ1v) is 7.51. The predicted molar refractivity (Wildman–Crippen MR) is 82.7 cm³/mol. The van der Waals surface area contributed by atoms with Gasteiger partial charge in [0.25, 0.3) is 0 Å². The minimum Gasteiger partial charge on any atom is -0.258 e. The van der Waals surface area contributed by atoms with Crippen LogP contribution < -0.4 is 0 Å². The van der Waals surface area contributed by atoms with Gasteiger partial charge in [0.2, 0.25) is 5.82 Å². The van der Waals surface area contributed by atoms with Gasteiger partial charge in [-0.1, -0.05) is 29.8 Å². The average Bonchev–Trinajstić information content (AvgIpc) is 3.05. The number of halogens is 1. The van der Waals surface area contributed by atoms with Crippen molar-refractivity contribution in [1.82, 2.24) is 30.0 Å². The van der Waals surface area contributed by atoms with Crippen LogP contribution in [0.5, 0.6) is 0 Å². The van der Waals surface area contributed by atoms with E-state index in [1.165, 1.54) is 5.56 Å². The van der Waals surface area contributed by atoms with Gasteiger partial charge in [0.1, 0.15) is 4.60 Å². The SMILES string of the molecule is CCn1ncc(-c2nnn(Cc3cccc(C)c3)n2)c1Br. The second-order valence-corrected chi connectivity index (χ2v) is 5.55. The first kappa shape index (κ1) is 13.9. The summed E-state index contributed by atoms with van der Waals surface area (Å²) >= 11 is 3.52. The molecule has 0 aliphatic carbocycles. The molecule has 0 saturated heterocycles. The summed E-state index contributed by atoms with van der Waals surface area (Å²) in [6, 6.07) is 8.28. The van der Waals surface area contributed by atoms with Gasteiger partial charge in [0.05, 0.1) is 18.3 Å². The molecule has 3 rings (SSSR count). The van der Waals surface area contributed by atoms with Crippen molar-refractivity contribution in [2.75, 3.05) is 0 Å². The van der Waals surface area contributed by atoms with E-state index in [1.807, 2.05) is 17.7 Å². The molecule has 108 valence electrons. The van der Waals surface area contributed by atoms with Crippen LogP contribution in [0.15, 0.2) is 35.1 Å². The van der Waals surface area contributed by atoms with Crippen molar-refractivity contribution in [1.29, 1.82) is 0 Å². The standard InChI is InChI=1S/C14H15BrN6/c1-3-20-13(15)12(8-16-20)14-17-19-21(18-14)9-11-6-4-5-10(2)7-11/h4-8H,3,9H2,1-2H3. The van der Waals surface area contributed by atoms with E-state index in [0.29, 0.717) is 12.4 Å². The average molecular weight is 347 g/mol. The summed E-state index contributed by atoms with van der Waals surface area (Å²) in [5, 5.41) is 16.9. The van der Waals surface area contributed by atoms with Crippen molar-refractivity contribution in [3.8, 4) is 11.4 Å². The van der Waals surface area contributed by atoms with Crippen molar-refractivity contribution in [2.24, 2.45) is 0 Å². The van der Waals surface area contributed by atoms with Crippen molar-refractivity contribution in [3.63, 3.8) is 0 Å². The van der Waals surface area contributed by atoms with E-state index in [2.05, 4.69) is 61.6 Å². The Morgan fingerprint density at radius 1 is 1.29 bits per heavy atom. The van der Waals surface area contributed by atoms with Crippen LogP contribution in [0, 0.1) is 6.92 Å². The minimum atomic E-state index is 0.578. The number of hydrogen-bond acceptors (Lipinski definition) is 4. The van der Waals surface area contributed by atoms with Gasteiger partial charge in [-0.25, -0.2) is 0 Å². The molecular formula is C14H15BrN6. The molecule has 0 atom stereocenters. The summed E-state index contributed by atoms with van der Waals surface area (Å²) in [5.41, 5.74) is 3.23. The topological polar surface area (TPSA) is 61.4 Å². The zero-order valence-corrected chi connectivity index (χ0v) is 13.4. The van der Waals surface area contributed by atoms with E-state index >= 15 is 0 Å². The van der Waals surface area contributed by atoms with Crippen LogP contribution in [0.25, 0.3) is 11.4 Å². The van der Waals surface area contributed by atoms with Crippen LogP contribution in [0.4, 0.5) is 0 Å². The first-order valence-electron chi connectivity index (χ1n) is 6.72. The zero-order chi connectivity index (χ0) is 14.8. The lowest BCUT2D eigenvalue weighted by atomic mass is 10.1. The fraction of sp³-hybridized carbons (Fsp3) is 0.286. The summed E-state index contributed by atoms with van der Waals surface area (Å²) < 4.78 is 2.72. The maximum Gasteiger partial charge on any atom is 0.209 e. The van der Waals surface area contributed by atoms with Gasteiger partial charge >= 0.3 is 0 Å². The van der Waals surface area contributed by atoms with Gasteiger partial charge < -0.3 is 0 Å². The second-order valence-electron chi connectivity index (χ2n) is 4.80. The van der Waals surface area contributed by atoms with Crippen LogP contribution in [0.1, 0.15) is 18.1 Å². The number of aromatic nitrogens is 6. The Balaban J connectivity index is 1.84. The molecule has 21 heavy (non-hydrogen) atoms. The third-order valence-electron chi connectivity index (χ3n) is 3.17. The van der Waals surface area contributed by atoms with Crippen LogP contribution in [0.3, 0.4) is 0 Å². The fourth-order valence-corrected chi connectivity index (χ4v) is 2.75. The maximum atomic E-state index is 4.43. The van der Waals surface area contributed by atoms with Gasteiger partial charge in [-0.2, -0.15) is 9.90 Å². The number of hydrogen-bond donors (Lipinski definition) is 0. The highest BCUT2D eigenvalue weighted by atomic mass is 79.9. The summed E-state index contributed by atoms with van der Waals surface area (Å²) in [4.78, 5) is 1.60. The van der Waals surface area contributed by atoms with Crippen LogP contribution in [-0.4, -0.2) is 30.0 Å². The molecule has 0 bridgehead atoms. The van der Waals surface area contributed by atoms with E-state index in [1.54, 1.807) is 11.0 Å². The molecule has 0 saturated carbocycles. The molecule has 2 aromatic heterocycles. The number of benzene rings is 1. The molecular weight excluding hydrogens is 332 g/mol. The Hall–Kier alpha value is -2.02. The smallest absolute Gasteiger partial charge is 0.209 e. The van der Waals surface area contributed by atoms with Crippen molar-refractivity contribution in [3.05, 3.63) is 46.2 Å². The van der Waals surface area contributed by atoms with Gasteiger partial charge in [0, 0.05) is 6.54 Å². The Morgan fingerprint density at radius 2 is 2.14 bits per heavy atom. The highest BCUT2D eigenvalue weighted by molar-refractivity contribution is 9.10. The van der Waals surface area contributed by atoms with E-state index in [-0.39, 0.29) is 0 Å². The molecule has 6 nitrogen and oxygen atoms in total. The lowest BCUT2D eigenvalue weighted by molar-refractivity contribution is 0.572. The summed E-state index contributed by atoms with van der Waals surface area (Å²) in [5.74, 6) is 0.578. The molecule has 2 heterocycles. The normalized spacial score (nSPS) is 11.0. The number of tetrazole rings is 1. The number of nitrogens with zero attached hydrogens (tertiary/aromatic N) is 6. The van der Waals surface area contributed by atoms with Gasteiger partial charge in [-0.05, 0) is 40.6 Å². The Bertz CT molecular complexity index is 760. The molecule has 0 amide bonds. The molecule has 0 fully saturated rings. The number of aryl methyl sites for hydroxylation is 2. The van der Waals surface area contributed by atoms with Crippen LogP contribution >= 0.6 is 15.9 Å². The molecule has 0 N–H and O–H groups in total. The molecule has 0 aliphatic heterocycles. The summed E-state index contributed by atoms with van der Waals surface area (Å²) in [6.07, 6.45) is 1.75. The van der Waals surface area contributed by atoms with Crippen molar-refractivity contribution < 1.29 is 0 Å². The first-order chi connectivity index (χ1) is 10.2. The third kappa shape index (κ3) is 2.87. The summed E-state index contributed by atoms with van der Waals surface area (Å²) in [6.45, 7) is 5.50. The van der Waals surface area contributed by atoms with E-state index in [9.17, 15) is 0 Å².